The molecule has 4 aliphatic carbocycles. The van der Waals surface area contributed by atoms with E-state index in [1.54, 1.807) is 0 Å². The summed E-state index contributed by atoms with van der Waals surface area (Å²) in [6.07, 6.45) is 25.0. The van der Waals surface area contributed by atoms with Crippen LogP contribution in [0.4, 0.5) is 0 Å². The zero-order valence-electron chi connectivity index (χ0n) is 26.4. The lowest BCUT2D eigenvalue weighted by Crippen LogP contribution is -2.53. The Morgan fingerprint density at radius 1 is 0.718 bits per heavy atom. The fourth-order valence-corrected chi connectivity index (χ4v) is 8.28. The molecular formula is C34H62O5. The summed E-state index contributed by atoms with van der Waals surface area (Å²) in [6, 6.07) is 0. The lowest BCUT2D eigenvalue weighted by Gasteiger charge is -2.57. The molecule has 39 heavy (non-hydrogen) atoms. The van der Waals surface area contributed by atoms with Crippen molar-refractivity contribution < 1.29 is 23.7 Å². The van der Waals surface area contributed by atoms with Gasteiger partial charge in [-0.3, -0.25) is 0 Å². The third-order valence-corrected chi connectivity index (χ3v) is 11.1. The molecule has 5 nitrogen and oxygen atoms in total. The van der Waals surface area contributed by atoms with Gasteiger partial charge in [0, 0.05) is 18.4 Å². The Bertz CT molecular complexity index is 687. The van der Waals surface area contributed by atoms with Gasteiger partial charge < -0.3 is 23.7 Å². The number of methoxy groups -OCH3 is 1. The van der Waals surface area contributed by atoms with Gasteiger partial charge in [0.15, 0.2) is 12.6 Å². The standard InChI is InChI=1S/C20H36O2.C14H26O3/c1-4-6-7-8-19-9-12-20(13-10-19,14-11-19)18-21-16(3)15-17(5-2)22-18;1-4-12-8-10(2)16-14(17-12)11-6-5-7-13(9-11)15-3/h16-18H,4-15H2,1-3H3;10-14H,4-9H2,1-3H3. The number of rotatable bonds is 9. The average molecular weight is 551 g/mol. The third-order valence-electron chi connectivity index (χ3n) is 11.1. The predicted octanol–water partition coefficient (Wildman–Crippen LogP) is 8.96. The molecule has 0 N–H and O–H groups in total. The third kappa shape index (κ3) is 8.21. The maximum absolute atomic E-state index is 6.37. The van der Waals surface area contributed by atoms with Crippen molar-refractivity contribution >= 4 is 0 Å². The van der Waals surface area contributed by atoms with Crippen LogP contribution in [0.5, 0.6) is 0 Å². The minimum atomic E-state index is 0.00153. The summed E-state index contributed by atoms with van der Waals surface area (Å²) in [7, 11) is 1.81. The van der Waals surface area contributed by atoms with E-state index in [9.17, 15) is 0 Å². The van der Waals surface area contributed by atoms with E-state index in [0.29, 0.717) is 47.3 Å². The molecule has 0 radical (unpaired) electrons. The first-order valence-electron chi connectivity index (χ1n) is 17.0. The topological polar surface area (TPSA) is 46.2 Å². The van der Waals surface area contributed by atoms with E-state index >= 15 is 0 Å². The Labute approximate surface area is 240 Å². The second kappa shape index (κ2) is 14.8. The molecule has 4 saturated carbocycles. The fraction of sp³-hybridized carbons (Fsp3) is 1.00. The van der Waals surface area contributed by atoms with E-state index in [1.807, 2.05) is 7.11 Å². The predicted molar refractivity (Wildman–Crippen MR) is 158 cm³/mol. The van der Waals surface area contributed by atoms with Crippen molar-refractivity contribution in [3.05, 3.63) is 0 Å². The van der Waals surface area contributed by atoms with Crippen LogP contribution in [0.1, 0.15) is 150 Å². The molecule has 2 aliphatic heterocycles. The van der Waals surface area contributed by atoms with E-state index < -0.39 is 0 Å². The van der Waals surface area contributed by atoms with Crippen LogP contribution < -0.4 is 0 Å². The number of ether oxygens (including phenoxy) is 5. The van der Waals surface area contributed by atoms with Gasteiger partial charge in [0.05, 0.1) is 30.5 Å². The highest BCUT2D eigenvalue weighted by molar-refractivity contribution is 5.01. The highest BCUT2D eigenvalue weighted by atomic mass is 16.7. The summed E-state index contributed by atoms with van der Waals surface area (Å²) in [6.45, 7) is 11.1. The van der Waals surface area contributed by atoms with Crippen molar-refractivity contribution in [3.8, 4) is 0 Å². The van der Waals surface area contributed by atoms with Gasteiger partial charge in [-0.15, -0.1) is 0 Å². The number of hydrogen-bond donors (Lipinski definition) is 0. The van der Waals surface area contributed by atoms with Crippen LogP contribution in [0.25, 0.3) is 0 Å². The van der Waals surface area contributed by atoms with Crippen molar-refractivity contribution in [1.29, 1.82) is 0 Å². The minimum Gasteiger partial charge on any atom is -0.381 e. The Morgan fingerprint density at radius 3 is 1.97 bits per heavy atom. The van der Waals surface area contributed by atoms with Crippen LogP contribution in [0.3, 0.4) is 0 Å². The van der Waals surface area contributed by atoms with E-state index in [-0.39, 0.29) is 12.6 Å². The molecule has 228 valence electrons. The molecule has 5 heteroatoms. The zero-order valence-corrected chi connectivity index (χ0v) is 26.4. The van der Waals surface area contributed by atoms with E-state index in [2.05, 4.69) is 34.6 Å². The monoisotopic (exact) mass is 550 g/mol. The summed E-state index contributed by atoms with van der Waals surface area (Å²) in [5, 5.41) is 0. The van der Waals surface area contributed by atoms with Crippen LogP contribution >= 0.6 is 0 Å². The van der Waals surface area contributed by atoms with Crippen LogP contribution in [0.15, 0.2) is 0 Å². The molecule has 6 aliphatic rings. The first-order valence-corrected chi connectivity index (χ1v) is 17.0. The quantitative estimate of drug-likeness (QED) is 0.268. The van der Waals surface area contributed by atoms with E-state index in [4.69, 9.17) is 23.7 Å². The summed E-state index contributed by atoms with van der Waals surface area (Å²) in [5.41, 5.74) is 1.02. The van der Waals surface area contributed by atoms with Gasteiger partial charge in [0.25, 0.3) is 0 Å². The van der Waals surface area contributed by atoms with Crippen molar-refractivity contribution in [2.24, 2.45) is 16.7 Å². The van der Waals surface area contributed by atoms with Crippen LogP contribution in [-0.2, 0) is 23.7 Å². The highest BCUT2D eigenvalue weighted by Crippen LogP contribution is 2.61. The largest absolute Gasteiger partial charge is 0.381 e. The number of unbranched alkanes of at least 4 members (excludes halogenated alkanes) is 2. The Morgan fingerprint density at radius 2 is 1.36 bits per heavy atom. The van der Waals surface area contributed by atoms with Gasteiger partial charge in [0.1, 0.15) is 0 Å². The number of fused-ring (bicyclic) bond motifs is 3. The summed E-state index contributed by atoms with van der Waals surface area (Å²) in [5.74, 6) is 0.519. The van der Waals surface area contributed by atoms with Crippen LogP contribution in [0.2, 0.25) is 0 Å². The molecule has 2 heterocycles. The molecule has 2 saturated heterocycles. The first-order chi connectivity index (χ1) is 18.8. The molecule has 0 aromatic heterocycles. The Balaban J connectivity index is 0.000000187. The second-order valence-electron chi connectivity index (χ2n) is 14.0. The van der Waals surface area contributed by atoms with E-state index in [1.165, 1.54) is 83.5 Å². The molecule has 0 aromatic rings. The number of hydrogen-bond acceptors (Lipinski definition) is 5. The first kappa shape index (κ1) is 31.7. The average Bonchev–Trinajstić information content (AvgIpc) is 2.98. The Kier molecular flexibility index (Phi) is 12.0. The second-order valence-corrected chi connectivity index (χ2v) is 14.0. The van der Waals surface area contributed by atoms with Gasteiger partial charge in [-0.1, -0.05) is 46.5 Å². The van der Waals surface area contributed by atoms with Crippen LogP contribution in [0, 0.1) is 16.7 Å². The maximum atomic E-state index is 6.37. The Hall–Kier alpha value is -0.200. The molecule has 0 amide bonds. The van der Waals surface area contributed by atoms with Crippen molar-refractivity contribution in [2.45, 2.75) is 193 Å². The summed E-state index contributed by atoms with van der Waals surface area (Å²) < 4.78 is 30.2. The molecule has 6 fully saturated rings. The molecule has 0 aromatic carbocycles. The molecule has 8 atom stereocenters. The van der Waals surface area contributed by atoms with Gasteiger partial charge in [-0.05, 0) is 109 Å². The SMILES string of the molecule is CCC1CC(C)OC(C2CCCC(OC)C2)O1.CCCCCC12CCC(C3OC(C)CC(CC)O3)(CC1)CC2. The van der Waals surface area contributed by atoms with Gasteiger partial charge in [-0.2, -0.15) is 0 Å². The minimum absolute atomic E-state index is 0.00153. The zero-order chi connectivity index (χ0) is 27.9. The van der Waals surface area contributed by atoms with Gasteiger partial charge >= 0.3 is 0 Å². The van der Waals surface area contributed by atoms with Crippen LogP contribution in [-0.4, -0.2) is 50.2 Å². The maximum Gasteiger partial charge on any atom is 0.163 e. The lowest BCUT2D eigenvalue weighted by molar-refractivity contribution is -0.303. The fourth-order valence-electron chi connectivity index (χ4n) is 8.28. The lowest BCUT2D eigenvalue weighted by atomic mass is 9.52. The van der Waals surface area contributed by atoms with E-state index in [0.717, 1.165) is 32.1 Å². The van der Waals surface area contributed by atoms with Crippen molar-refractivity contribution in [3.63, 3.8) is 0 Å². The highest BCUT2D eigenvalue weighted by Gasteiger charge is 2.54. The molecule has 6 rings (SSSR count). The molecule has 8 unspecified atom stereocenters. The summed E-state index contributed by atoms with van der Waals surface area (Å²) in [4.78, 5) is 0. The normalized spacial score (nSPS) is 44.5. The summed E-state index contributed by atoms with van der Waals surface area (Å²) >= 11 is 0. The molecule has 2 bridgehead atoms. The van der Waals surface area contributed by atoms with Crippen molar-refractivity contribution in [1.82, 2.24) is 0 Å². The van der Waals surface area contributed by atoms with Gasteiger partial charge in [-0.25, -0.2) is 0 Å². The molecule has 0 spiro atoms. The molecular weight excluding hydrogens is 488 g/mol. The van der Waals surface area contributed by atoms with Crippen molar-refractivity contribution in [2.75, 3.05) is 7.11 Å². The smallest absolute Gasteiger partial charge is 0.163 e. The van der Waals surface area contributed by atoms with Gasteiger partial charge in [0.2, 0.25) is 0 Å².